The summed E-state index contributed by atoms with van der Waals surface area (Å²) >= 11 is 0. The van der Waals surface area contributed by atoms with Crippen LogP contribution in [0.15, 0.2) is 23.0 Å². The van der Waals surface area contributed by atoms with Crippen LogP contribution in [-0.2, 0) is 16.1 Å². The number of imidazole rings is 1. The first-order valence-corrected chi connectivity index (χ1v) is 10.0. The van der Waals surface area contributed by atoms with Gasteiger partial charge in [-0.25, -0.2) is 4.79 Å². The third kappa shape index (κ3) is 2.87. The highest BCUT2D eigenvalue weighted by atomic mass is 16.2. The van der Waals surface area contributed by atoms with Gasteiger partial charge in [-0.15, -0.1) is 0 Å². The summed E-state index contributed by atoms with van der Waals surface area (Å²) in [5.41, 5.74) is 2.77. The molecular weight excluding hydrogens is 358 g/mol. The van der Waals surface area contributed by atoms with Crippen molar-refractivity contribution in [3.63, 3.8) is 0 Å². The minimum absolute atomic E-state index is 0.250. The largest absolute Gasteiger partial charge is 0.327 e. The Morgan fingerprint density at radius 2 is 1.89 bits per heavy atom. The number of fused-ring (bicyclic) bond motifs is 1. The molecule has 8 heteroatoms. The number of aromatic nitrogens is 2. The first-order valence-electron chi connectivity index (χ1n) is 10.0. The molecule has 0 saturated carbocycles. The Kier molecular flexibility index (Phi) is 4.13. The van der Waals surface area contributed by atoms with Crippen molar-refractivity contribution in [1.29, 1.82) is 0 Å². The summed E-state index contributed by atoms with van der Waals surface area (Å²) in [6.45, 7) is 5.20. The van der Waals surface area contributed by atoms with Crippen molar-refractivity contribution < 1.29 is 9.59 Å². The SMILES string of the molecule is O=C1CCC(n2c(=O)[nH]c3c(CN4CC5(CCNCC5)C4)cccc32)C(=O)N1. The fourth-order valence-electron chi connectivity index (χ4n) is 5.11. The van der Waals surface area contributed by atoms with E-state index in [1.54, 1.807) is 0 Å². The summed E-state index contributed by atoms with van der Waals surface area (Å²) in [5.74, 6) is -0.681. The van der Waals surface area contributed by atoms with E-state index in [4.69, 9.17) is 0 Å². The van der Waals surface area contributed by atoms with Crippen molar-refractivity contribution in [3.05, 3.63) is 34.2 Å². The Balaban J connectivity index is 1.40. The molecule has 3 saturated heterocycles. The average molecular weight is 383 g/mol. The first-order chi connectivity index (χ1) is 13.5. The maximum atomic E-state index is 12.7. The molecule has 8 nitrogen and oxygen atoms in total. The second kappa shape index (κ2) is 6.56. The van der Waals surface area contributed by atoms with Gasteiger partial charge in [0.2, 0.25) is 11.8 Å². The van der Waals surface area contributed by atoms with E-state index in [9.17, 15) is 14.4 Å². The number of aromatic amines is 1. The maximum absolute atomic E-state index is 12.7. The van der Waals surface area contributed by atoms with Crippen LogP contribution in [0.4, 0.5) is 0 Å². The molecule has 3 N–H and O–H groups in total. The van der Waals surface area contributed by atoms with E-state index >= 15 is 0 Å². The van der Waals surface area contributed by atoms with Gasteiger partial charge in [0.25, 0.3) is 0 Å². The van der Waals surface area contributed by atoms with Crippen LogP contribution in [0.2, 0.25) is 0 Å². The monoisotopic (exact) mass is 383 g/mol. The third-order valence-electron chi connectivity index (χ3n) is 6.54. The van der Waals surface area contributed by atoms with Gasteiger partial charge in [-0.1, -0.05) is 12.1 Å². The molecule has 0 bridgehead atoms. The number of para-hydroxylation sites is 1. The molecule has 148 valence electrons. The van der Waals surface area contributed by atoms with Gasteiger partial charge < -0.3 is 10.3 Å². The van der Waals surface area contributed by atoms with Crippen LogP contribution in [0.1, 0.15) is 37.3 Å². The lowest BCUT2D eigenvalue weighted by molar-refractivity contribution is -0.135. The molecule has 1 unspecified atom stereocenters. The summed E-state index contributed by atoms with van der Waals surface area (Å²) in [7, 11) is 0. The molecule has 3 aliphatic rings. The number of hydrogen-bond donors (Lipinski definition) is 3. The topological polar surface area (TPSA) is 99.2 Å². The Bertz CT molecular complexity index is 993. The third-order valence-corrected chi connectivity index (χ3v) is 6.54. The molecule has 5 rings (SSSR count). The van der Waals surface area contributed by atoms with Crippen LogP contribution in [0, 0.1) is 5.41 Å². The molecule has 2 aromatic rings. The Morgan fingerprint density at radius 1 is 1.11 bits per heavy atom. The van der Waals surface area contributed by atoms with Crippen molar-refractivity contribution in [2.45, 2.75) is 38.3 Å². The van der Waals surface area contributed by atoms with Crippen molar-refractivity contribution >= 4 is 22.8 Å². The van der Waals surface area contributed by atoms with Crippen molar-refractivity contribution in [3.8, 4) is 0 Å². The van der Waals surface area contributed by atoms with Crippen LogP contribution in [0.5, 0.6) is 0 Å². The molecular formula is C20H25N5O3. The fraction of sp³-hybridized carbons (Fsp3) is 0.550. The number of imide groups is 1. The number of nitrogens with one attached hydrogen (secondary N) is 3. The van der Waals surface area contributed by atoms with E-state index in [-0.39, 0.29) is 18.0 Å². The van der Waals surface area contributed by atoms with Gasteiger partial charge in [0.05, 0.1) is 11.0 Å². The van der Waals surface area contributed by atoms with E-state index in [0.717, 1.165) is 49.3 Å². The van der Waals surface area contributed by atoms with E-state index in [1.165, 1.54) is 17.4 Å². The standard InChI is InChI=1S/C20H25N5O3/c26-16-5-4-15(18(27)22-16)25-14-3-1-2-13(17(14)23-19(25)28)10-24-11-20(12-24)6-8-21-9-7-20/h1-3,15,21H,4-12H2,(H,23,28)(H,22,26,27). The molecule has 1 spiro atoms. The quantitative estimate of drug-likeness (QED) is 0.670. The van der Waals surface area contributed by atoms with Crippen LogP contribution in [0.25, 0.3) is 11.0 Å². The smallest absolute Gasteiger partial charge is 0.317 e. The van der Waals surface area contributed by atoms with Gasteiger partial charge >= 0.3 is 5.69 Å². The number of carbonyl (C=O) groups excluding carboxylic acids is 2. The van der Waals surface area contributed by atoms with E-state index in [2.05, 4.69) is 20.5 Å². The number of hydrogen-bond acceptors (Lipinski definition) is 5. The van der Waals surface area contributed by atoms with Gasteiger partial charge in [0, 0.05) is 26.1 Å². The Labute approximate surface area is 162 Å². The van der Waals surface area contributed by atoms with Crippen LogP contribution in [0.3, 0.4) is 0 Å². The molecule has 0 radical (unpaired) electrons. The van der Waals surface area contributed by atoms with Gasteiger partial charge in [-0.05, 0) is 49.4 Å². The number of likely N-dealkylation sites (tertiary alicyclic amines) is 1. The lowest BCUT2D eigenvalue weighted by atomic mass is 9.72. The molecule has 1 aromatic heterocycles. The predicted octanol–water partition coefficient (Wildman–Crippen LogP) is 0.493. The summed E-state index contributed by atoms with van der Waals surface area (Å²) in [6.07, 6.45) is 3.07. The number of piperidine rings is 2. The average Bonchev–Trinajstić information content (AvgIpc) is 2.98. The Hall–Kier alpha value is -2.45. The second-order valence-corrected chi connectivity index (χ2v) is 8.47. The summed E-state index contributed by atoms with van der Waals surface area (Å²) in [5, 5.41) is 5.77. The molecule has 3 fully saturated rings. The zero-order valence-electron chi connectivity index (χ0n) is 15.8. The number of carbonyl (C=O) groups is 2. The van der Waals surface area contributed by atoms with Gasteiger partial charge in [-0.2, -0.15) is 0 Å². The molecule has 0 aliphatic carbocycles. The highest BCUT2D eigenvalue weighted by Gasteiger charge is 2.43. The lowest BCUT2D eigenvalue weighted by Crippen LogP contribution is -2.59. The van der Waals surface area contributed by atoms with Gasteiger partial charge in [0.1, 0.15) is 6.04 Å². The normalized spacial score (nSPS) is 25.1. The second-order valence-electron chi connectivity index (χ2n) is 8.47. The summed E-state index contributed by atoms with van der Waals surface area (Å²) in [4.78, 5) is 41.8. The predicted molar refractivity (Wildman–Crippen MR) is 104 cm³/mol. The summed E-state index contributed by atoms with van der Waals surface area (Å²) in [6, 6.07) is 5.20. The number of H-pyrrole nitrogens is 1. The number of nitrogens with zero attached hydrogens (tertiary/aromatic N) is 2. The minimum Gasteiger partial charge on any atom is -0.317 e. The molecule has 2 amide bonds. The minimum atomic E-state index is -0.642. The van der Waals surface area contributed by atoms with E-state index < -0.39 is 11.9 Å². The Morgan fingerprint density at radius 3 is 2.64 bits per heavy atom. The zero-order valence-corrected chi connectivity index (χ0v) is 15.8. The van der Waals surface area contributed by atoms with Crippen molar-refractivity contribution in [2.75, 3.05) is 26.2 Å². The van der Waals surface area contributed by atoms with E-state index in [0.29, 0.717) is 11.8 Å². The van der Waals surface area contributed by atoms with Crippen LogP contribution < -0.4 is 16.3 Å². The highest BCUT2D eigenvalue weighted by Crippen LogP contribution is 2.39. The first kappa shape index (κ1) is 17.6. The van der Waals surface area contributed by atoms with Crippen molar-refractivity contribution in [2.24, 2.45) is 5.41 Å². The van der Waals surface area contributed by atoms with Crippen molar-refractivity contribution in [1.82, 2.24) is 25.1 Å². The number of benzene rings is 1. The zero-order chi connectivity index (χ0) is 19.3. The van der Waals surface area contributed by atoms with Crippen LogP contribution in [-0.4, -0.2) is 52.4 Å². The molecule has 1 atom stereocenters. The van der Waals surface area contributed by atoms with Crippen LogP contribution >= 0.6 is 0 Å². The van der Waals surface area contributed by atoms with E-state index in [1.807, 2.05) is 18.2 Å². The van der Waals surface area contributed by atoms with Gasteiger partial charge in [0.15, 0.2) is 0 Å². The fourth-order valence-corrected chi connectivity index (χ4v) is 5.11. The van der Waals surface area contributed by atoms with Gasteiger partial charge in [-0.3, -0.25) is 24.4 Å². The molecule has 3 aliphatic heterocycles. The lowest BCUT2D eigenvalue weighted by Gasteiger charge is -2.52. The molecule has 1 aromatic carbocycles. The molecule has 4 heterocycles. The highest BCUT2D eigenvalue weighted by molar-refractivity contribution is 6.00. The molecule has 28 heavy (non-hydrogen) atoms. The maximum Gasteiger partial charge on any atom is 0.327 e. The number of rotatable bonds is 3. The summed E-state index contributed by atoms with van der Waals surface area (Å²) < 4.78 is 1.50. The number of amides is 2.